The quantitative estimate of drug-likeness (QED) is 0.831. The van der Waals surface area contributed by atoms with Gasteiger partial charge in [-0.3, -0.25) is 9.59 Å². The summed E-state index contributed by atoms with van der Waals surface area (Å²) in [5.74, 6) is -0.108. The van der Waals surface area contributed by atoms with Gasteiger partial charge in [0.1, 0.15) is 0 Å². The van der Waals surface area contributed by atoms with Crippen LogP contribution in [-0.2, 0) is 22.6 Å². The Kier molecular flexibility index (Phi) is 6.75. The number of hydrogen-bond acceptors (Lipinski definition) is 2. The molecular weight excluding hydrogens is 312 g/mol. The van der Waals surface area contributed by atoms with Gasteiger partial charge in [0.25, 0.3) is 0 Å². The van der Waals surface area contributed by atoms with Gasteiger partial charge < -0.3 is 10.2 Å². The summed E-state index contributed by atoms with van der Waals surface area (Å²) in [5, 5.41) is 2.89. The van der Waals surface area contributed by atoms with Crippen molar-refractivity contribution >= 4 is 17.5 Å². The second kappa shape index (κ2) is 9.02. The summed E-state index contributed by atoms with van der Waals surface area (Å²) in [7, 11) is 0. The van der Waals surface area contributed by atoms with Gasteiger partial charge >= 0.3 is 0 Å². The highest BCUT2D eigenvalue weighted by Gasteiger charge is 2.13. The Bertz CT molecular complexity index is 723. The summed E-state index contributed by atoms with van der Waals surface area (Å²) in [6.45, 7) is 6.60. The summed E-state index contributed by atoms with van der Waals surface area (Å²) < 4.78 is 0. The summed E-state index contributed by atoms with van der Waals surface area (Å²) in [6, 6.07) is 15.8. The van der Waals surface area contributed by atoms with Gasteiger partial charge in [-0.2, -0.15) is 0 Å². The SMILES string of the molecule is CCc1ccc(NC(=O)CCN(Cc2ccccc2C)C(C)=O)cc1. The van der Waals surface area contributed by atoms with Crippen LogP contribution in [0.1, 0.15) is 37.0 Å². The van der Waals surface area contributed by atoms with Gasteiger partial charge in [-0.1, -0.05) is 43.3 Å². The number of benzene rings is 2. The molecule has 0 spiro atoms. The van der Waals surface area contributed by atoms with Crippen LogP contribution in [0.2, 0.25) is 0 Å². The number of carbonyl (C=O) groups excluding carboxylic acids is 2. The van der Waals surface area contributed by atoms with Crippen LogP contribution in [0, 0.1) is 6.92 Å². The maximum Gasteiger partial charge on any atom is 0.226 e. The number of amides is 2. The Morgan fingerprint density at radius 3 is 2.32 bits per heavy atom. The van der Waals surface area contributed by atoms with E-state index in [2.05, 4.69) is 12.2 Å². The molecule has 0 saturated carbocycles. The number of carbonyl (C=O) groups is 2. The van der Waals surface area contributed by atoms with E-state index in [1.165, 1.54) is 5.56 Å². The first-order valence-corrected chi connectivity index (χ1v) is 8.68. The lowest BCUT2D eigenvalue weighted by molar-refractivity contribution is -0.129. The summed E-state index contributed by atoms with van der Waals surface area (Å²) >= 11 is 0. The van der Waals surface area contributed by atoms with Crippen molar-refractivity contribution in [3.8, 4) is 0 Å². The van der Waals surface area contributed by atoms with Gasteiger partial charge in [0.05, 0.1) is 0 Å². The smallest absolute Gasteiger partial charge is 0.226 e. The molecule has 132 valence electrons. The van der Waals surface area contributed by atoms with E-state index in [0.29, 0.717) is 13.1 Å². The topological polar surface area (TPSA) is 49.4 Å². The maximum absolute atomic E-state index is 12.2. The first-order valence-electron chi connectivity index (χ1n) is 8.68. The molecule has 0 aliphatic heterocycles. The van der Waals surface area contributed by atoms with Crippen LogP contribution >= 0.6 is 0 Å². The molecular formula is C21H26N2O2. The largest absolute Gasteiger partial charge is 0.338 e. The van der Waals surface area contributed by atoms with Gasteiger partial charge in [0.15, 0.2) is 0 Å². The van der Waals surface area contributed by atoms with Crippen molar-refractivity contribution in [2.75, 3.05) is 11.9 Å². The zero-order valence-electron chi connectivity index (χ0n) is 15.2. The third kappa shape index (κ3) is 5.75. The molecule has 0 atom stereocenters. The molecule has 2 amide bonds. The van der Waals surface area contributed by atoms with E-state index in [9.17, 15) is 9.59 Å². The Morgan fingerprint density at radius 2 is 1.72 bits per heavy atom. The van der Waals surface area contributed by atoms with Crippen LogP contribution in [0.3, 0.4) is 0 Å². The molecule has 2 aromatic carbocycles. The molecule has 0 heterocycles. The van der Waals surface area contributed by atoms with Gasteiger partial charge in [0.2, 0.25) is 11.8 Å². The van der Waals surface area contributed by atoms with E-state index in [-0.39, 0.29) is 18.2 Å². The second-order valence-electron chi connectivity index (χ2n) is 6.22. The molecule has 2 aromatic rings. The Morgan fingerprint density at radius 1 is 1.04 bits per heavy atom. The fourth-order valence-electron chi connectivity index (χ4n) is 2.62. The molecule has 0 aliphatic rings. The van der Waals surface area contributed by atoms with Crippen molar-refractivity contribution in [3.05, 3.63) is 65.2 Å². The molecule has 0 aliphatic carbocycles. The summed E-state index contributed by atoms with van der Waals surface area (Å²) in [5.41, 5.74) is 4.27. The molecule has 0 radical (unpaired) electrons. The van der Waals surface area contributed by atoms with Crippen molar-refractivity contribution in [1.29, 1.82) is 0 Å². The van der Waals surface area contributed by atoms with Gasteiger partial charge in [-0.25, -0.2) is 0 Å². The molecule has 0 saturated heterocycles. The minimum Gasteiger partial charge on any atom is -0.338 e. The van der Waals surface area contributed by atoms with E-state index in [1.54, 1.807) is 11.8 Å². The first kappa shape index (κ1) is 18.7. The molecule has 4 heteroatoms. The van der Waals surface area contributed by atoms with Gasteiger partial charge in [0, 0.05) is 32.1 Å². The standard InChI is InChI=1S/C21H26N2O2/c1-4-18-9-11-20(12-10-18)22-21(25)13-14-23(17(3)24)15-19-8-6-5-7-16(19)2/h5-12H,4,13-15H2,1-3H3,(H,22,25). The van der Waals surface area contributed by atoms with E-state index >= 15 is 0 Å². The highest BCUT2D eigenvalue weighted by Crippen LogP contribution is 2.13. The van der Waals surface area contributed by atoms with E-state index < -0.39 is 0 Å². The Balaban J connectivity index is 1.90. The number of aryl methyl sites for hydroxylation is 2. The third-order valence-electron chi connectivity index (χ3n) is 4.32. The minimum atomic E-state index is -0.0831. The lowest BCUT2D eigenvalue weighted by Gasteiger charge is -2.22. The number of hydrogen-bond donors (Lipinski definition) is 1. The molecule has 25 heavy (non-hydrogen) atoms. The number of nitrogens with zero attached hydrogens (tertiary/aromatic N) is 1. The normalized spacial score (nSPS) is 10.4. The van der Waals surface area contributed by atoms with Crippen LogP contribution in [0.5, 0.6) is 0 Å². The number of anilines is 1. The molecule has 2 rings (SSSR count). The highest BCUT2D eigenvalue weighted by atomic mass is 16.2. The van der Waals surface area contributed by atoms with Crippen LogP contribution < -0.4 is 5.32 Å². The molecule has 0 aromatic heterocycles. The maximum atomic E-state index is 12.2. The summed E-state index contributed by atoms with van der Waals surface area (Å²) in [6.07, 6.45) is 1.25. The fourth-order valence-corrected chi connectivity index (χ4v) is 2.62. The molecule has 1 N–H and O–H groups in total. The lowest BCUT2D eigenvalue weighted by Crippen LogP contribution is -2.31. The lowest BCUT2D eigenvalue weighted by atomic mass is 10.1. The van der Waals surface area contributed by atoms with Crippen molar-refractivity contribution in [1.82, 2.24) is 4.90 Å². The Labute approximate surface area is 149 Å². The van der Waals surface area contributed by atoms with Gasteiger partial charge in [-0.05, 0) is 42.2 Å². The van der Waals surface area contributed by atoms with E-state index in [0.717, 1.165) is 23.2 Å². The van der Waals surface area contributed by atoms with E-state index in [1.807, 2.05) is 55.5 Å². The highest BCUT2D eigenvalue weighted by molar-refractivity contribution is 5.91. The third-order valence-corrected chi connectivity index (χ3v) is 4.32. The van der Waals surface area contributed by atoms with Crippen LogP contribution in [0.4, 0.5) is 5.69 Å². The minimum absolute atomic E-state index is 0.0247. The van der Waals surface area contributed by atoms with Crippen molar-refractivity contribution in [3.63, 3.8) is 0 Å². The second-order valence-corrected chi connectivity index (χ2v) is 6.22. The van der Waals surface area contributed by atoms with E-state index in [4.69, 9.17) is 0 Å². The molecule has 0 bridgehead atoms. The van der Waals surface area contributed by atoms with Crippen molar-refractivity contribution < 1.29 is 9.59 Å². The average Bonchev–Trinajstić information content (AvgIpc) is 2.60. The zero-order chi connectivity index (χ0) is 18.2. The zero-order valence-corrected chi connectivity index (χ0v) is 15.2. The molecule has 0 unspecified atom stereocenters. The fraction of sp³-hybridized carbons (Fsp3) is 0.333. The van der Waals surface area contributed by atoms with Crippen molar-refractivity contribution in [2.24, 2.45) is 0 Å². The monoisotopic (exact) mass is 338 g/mol. The average molecular weight is 338 g/mol. The van der Waals surface area contributed by atoms with Crippen LogP contribution in [0.15, 0.2) is 48.5 Å². The van der Waals surface area contributed by atoms with Crippen molar-refractivity contribution in [2.45, 2.75) is 40.2 Å². The molecule has 4 nitrogen and oxygen atoms in total. The summed E-state index contributed by atoms with van der Waals surface area (Å²) in [4.78, 5) is 25.8. The van der Waals surface area contributed by atoms with Crippen LogP contribution in [0.25, 0.3) is 0 Å². The van der Waals surface area contributed by atoms with Gasteiger partial charge in [-0.15, -0.1) is 0 Å². The van der Waals surface area contributed by atoms with Crippen LogP contribution in [-0.4, -0.2) is 23.3 Å². The first-order chi connectivity index (χ1) is 12.0. The predicted molar refractivity (Wildman–Crippen MR) is 101 cm³/mol. The number of rotatable bonds is 7. The molecule has 0 fully saturated rings. The predicted octanol–water partition coefficient (Wildman–Crippen LogP) is 3.93. The Hall–Kier alpha value is -2.62. The number of nitrogens with one attached hydrogen (secondary N) is 1.